The summed E-state index contributed by atoms with van der Waals surface area (Å²) in [7, 11) is 0. The van der Waals surface area contributed by atoms with E-state index in [-0.39, 0.29) is 36.5 Å². The molecule has 2 aromatic rings. The molecule has 0 fully saturated rings. The third-order valence-corrected chi connectivity index (χ3v) is 5.19. The van der Waals surface area contributed by atoms with Gasteiger partial charge >= 0.3 is 0 Å². The maximum Gasteiger partial charge on any atom is 0.221 e. The topological polar surface area (TPSA) is 64.7 Å². The lowest BCUT2D eigenvalue weighted by molar-refractivity contribution is 0.331. The van der Waals surface area contributed by atoms with Crippen LogP contribution in [0.2, 0.25) is 0 Å². The van der Waals surface area contributed by atoms with Gasteiger partial charge < -0.3 is 4.42 Å². The minimum Gasteiger partial charge on any atom is -0.424 e. The van der Waals surface area contributed by atoms with Crippen LogP contribution in [0.4, 0.5) is 0 Å². The van der Waals surface area contributed by atoms with Crippen molar-refractivity contribution in [1.82, 2.24) is 20.4 Å². The fraction of sp³-hybridized carbons (Fsp3) is 0.818. The summed E-state index contributed by atoms with van der Waals surface area (Å²) in [6, 6.07) is 0. The highest BCUT2D eigenvalue weighted by Gasteiger charge is 2.26. The minimum absolute atomic E-state index is 0. The van der Waals surface area contributed by atoms with Crippen LogP contribution in [0.3, 0.4) is 0 Å². The maximum absolute atomic E-state index is 5.59. The summed E-state index contributed by atoms with van der Waals surface area (Å²) in [5.41, 5.74) is 0.134. The molecule has 0 aliphatic rings. The van der Waals surface area contributed by atoms with Crippen LogP contribution in [0.15, 0.2) is 4.42 Å². The van der Waals surface area contributed by atoms with E-state index in [9.17, 15) is 0 Å². The molecule has 164 valence electrons. The van der Waals surface area contributed by atoms with Gasteiger partial charge in [0.2, 0.25) is 11.8 Å². The monoisotopic (exact) mass is 412 g/mol. The van der Waals surface area contributed by atoms with Gasteiger partial charge in [0.05, 0.1) is 0 Å². The Morgan fingerprint density at radius 1 is 0.500 bits per heavy atom. The third-order valence-electron chi connectivity index (χ3n) is 3.42. The van der Waals surface area contributed by atoms with Crippen molar-refractivity contribution in [1.29, 1.82) is 0 Å². The van der Waals surface area contributed by atoms with Crippen molar-refractivity contribution in [3.8, 4) is 0 Å². The molecule has 0 atom stereocenters. The number of hydrogen-bond donors (Lipinski definition) is 0. The molecular formula is C22H44N4OS. The van der Waals surface area contributed by atoms with Gasteiger partial charge in [-0.15, -0.1) is 31.7 Å². The second-order valence-electron chi connectivity index (χ2n) is 10.8. The first-order valence-electron chi connectivity index (χ1n) is 9.11. The SMILES string of the molecule is C.C.CC(C)(C)c1nnc(C(C)(C)C)o1.CC(C)(C)c1nnc(C(C)(C)C)s1. The average Bonchev–Trinajstić information content (AvgIpc) is 3.06. The summed E-state index contributed by atoms with van der Waals surface area (Å²) in [4.78, 5) is 0. The lowest BCUT2D eigenvalue weighted by Crippen LogP contribution is -2.12. The molecule has 2 aromatic heterocycles. The number of rotatable bonds is 0. The molecule has 0 unspecified atom stereocenters. The van der Waals surface area contributed by atoms with Gasteiger partial charge in [-0.2, -0.15) is 0 Å². The van der Waals surface area contributed by atoms with Crippen molar-refractivity contribution in [3.05, 3.63) is 21.8 Å². The lowest BCUT2D eigenvalue weighted by Gasteiger charge is -2.14. The number of hydrogen-bond acceptors (Lipinski definition) is 6. The molecule has 0 saturated heterocycles. The van der Waals surface area contributed by atoms with Crippen LogP contribution in [0, 0.1) is 0 Å². The quantitative estimate of drug-likeness (QED) is 0.463. The van der Waals surface area contributed by atoms with Crippen LogP contribution in [0.1, 0.15) is 120 Å². The van der Waals surface area contributed by atoms with Crippen LogP contribution in [0.25, 0.3) is 0 Å². The zero-order valence-electron chi connectivity index (χ0n) is 18.6. The third kappa shape index (κ3) is 8.38. The molecule has 0 radical (unpaired) electrons. The molecule has 0 saturated carbocycles. The van der Waals surface area contributed by atoms with Crippen LogP contribution in [0.5, 0.6) is 0 Å². The van der Waals surface area contributed by atoms with Crippen molar-refractivity contribution in [2.45, 2.75) is 120 Å². The average molecular weight is 413 g/mol. The van der Waals surface area contributed by atoms with Gasteiger partial charge in [-0.05, 0) is 0 Å². The van der Waals surface area contributed by atoms with Gasteiger partial charge in [0, 0.05) is 21.7 Å². The Labute approximate surface area is 177 Å². The molecule has 0 N–H and O–H groups in total. The molecule has 0 bridgehead atoms. The molecule has 28 heavy (non-hydrogen) atoms. The lowest BCUT2D eigenvalue weighted by atomic mass is 9.96. The number of nitrogens with zero attached hydrogens (tertiary/aromatic N) is 4. The Morgan fingerprint density at radius 2 is 0.786 bits per heavy atom. The molecule has 0 amide bonds. The van der Waals surface area contributed by atoms with Crippen LogP contribution in [-0.4, -0.2) is 20.4 Å². The van der Waals surface area contributed by atoms with E-state index in [2.05, 4.69) is 103 Å². The summed E-state index contributed by atoms with van der Waals surface area (Å²) >= 11 is 1.72. The molecular weight excluding hydrogens is 368 g/mol. The first-order chi connectivity index (χ1) is 11.4. The van der Waals surface area contributed by atoms with Crippen molar-refractivity contribution >= 4 is 11.3 Å². The molecule has 0 aliphatic heterocycles. The van der Waals surface area contributed by atoms with Crippen LogP contribution < -0.4 is 0 Å². The summed E-state index contributed by atoms with van der Waals surface area (Å²) in [5, 5.41) is 18.8. The van der Waals surface area contributed by atoms with Gasteiger partial charge in [-0.1, -0.05) is 97.9 Å². The first kappa shape index (κ1) is 28.9. The molecule has 6 heteroatoms. The van der Waals surface area contributed by atoms with Crippen LogP contribution >= 0.6 is 11.3 Å². The standard InChI is InChI=1S/C10H18N2O.C10H18N2S.2CH4/c2*1-9(2,3)7-11-12-8(13-7)10(4,5)6;;/h2*1-6H3;2*1H4. The van der Waals surface area contributed by atoms with E-state index >= 15 is 0 Å². The highest BCUT2D eigenvalue weighted by atomic mass is 32.1. The summed E-state index contributed by atoms with van der Waals surface area (Å²) < 4.78 is 5.59. The second kappa shape index (κ2) is 9.47. The van der Waals surface area contributed by atoms with E-state index in [1.165, 1.54) is 0 Å². The van der Waals surface area contributed by atoms with Gasteiger partial charge in [0.1, 0.15) is 10.0 Å². The molecule has 5 nitrogen and oxygen atoms in total. The van der Waals surface area contributed by atoms with Gasteiger partial charge in [0.15, 0.2) is 0 Å². The van der Waals surface area contributed by atoms with E-state index in [4.69, 9.17) is 4.42 Å². The largest absolute Gasteiger partial charge is 0.424 e. The van der Waals surface area contributed by atoms with E-state index in [0.717, 1.165) is 10.0 Å². The molecule has 0 aliphatic carbocycles. The highest BCUT2D eigenvalue weighted by molar-refractivity contribution is 7.11. The Hall–Kier alpha value is -1.30. The van der Waals surface area contributed by atoms with E-state index in [1.807, 2.05) is 0 Å². The summed E-state index contributed by atoms with van der Waals surface area (Å²) in [6.45, 7) is 25.4. The fourth-order valence-corrected chi connectivity index (χ4v) is 2.62. The number of aromatic nitrogens is 4. The van der Waals surface area contributed by atoms with Gasteiger partial charge in [-0.3, -0.25) is 0 Å². The van der Waals surface area contributed by atoms with Crippen molar-refractivity contribution < 1.29 is 4.42 Å². The fourth-order valence-electron chi connectivity index (χ4n) is 1.66. The Balaban J connectivity index is 0. The normalized spacial score (nSPS) is 12.4. The Bertz CT molecular complexity index is 585. The Morgan fingerprint density at radius 3 is 0.929 bits per heavy atom. The zero-order chi connectivity index (χ0) is 20.6. The van der Waals surface area contributed by atoms with Crippen molar-refractivity contribution in [3.63, 3.8) is 0 Å². The van der Waals surface area contributed by atoms with Crippen molar-refractivity contribution in [2.75, 3.05) is 0 Å². The Kier molecular flexibility index (Phi) is 9.77. The van der Waals surface area contributed by atoms with Crippen molar-refractivity contribution in [2.24, 2.45) is 0 Å². The molecule has 0 aromatic carbocycles. The minimum atomic E-state index is -0.0590. The molecule has 2 rings (SSSR count). The van der Waals surface area contributed by atoms with E-state index < -0.39 is 0 Å². The molecule has 2 heterocycles. The highest BCUT2D eigenvalue weighted by Crippen LogP contribution is 2.31. The summed E-state index contributed by atoms with van der Waals surface area (Å²) in [5.74, 6) is 1.41. The smallest absolute Gasteiger partial charge is 0.221 e. The zero-order valence-corrected chi connectivity index (χ0v) is 19.4. The predicted molar refractivity (Wildman–Crippen MR) is 122 cm³/mol. The molecule has 0 spiro atoms. The predicted octanol–water partition coefficient (Wildman–Crippen LogP) is 7.07. The van der Waals surface area contributed by atoms with E-state index in [0.29, 0.717) is 11.8 Å². The maximum atomic E-state index is 5.59. The van der Waals surface area contributed by atoms with Crippen LogP contribution in [-0.2, 0) is 21.7 Å². The van der Waals surface area contributed by atoms with Gasteiger partial charge in [-0.25, -0.2) is 0 Å². The van der Waals surface area contributed by atoms with E-state index in [1.54, 1.807) is 11.3 Å². The van der Waals surface area contributed by atoms with Gasteiger partial charge in [0.25, 0.3) is 0 Å². The summed E-state index contributed by atoms with van der Waals surface area (Å²) in [6.07, 6.45) is 0. The second-order valence-corrected chi connectivity index (χ2v) is 11.8. The first-order valence-corrected chi connectivity index (χ1v) is 9.93.